The second-order valence-corrected chi connectivity index (χ2v) is 7.11. The van der Waals surface area contributed by atoms with Gasteiger partial charge in [-0.3, -0.25) is 4.79 Å². The van der Waals surface area contributed by atoms with E-state index in [-0.39, 0.29) is 5.91 Å². The number of carbonyl (C=O) groups is 1. The molecule has 2 aromatic rings. The third-order valence-corrected chi connectivity index (χ3v) is 5.13. The van der Waals surface area contributed by atoms with Gasteiger partial charge >= 0.3 is 0 Å². The zero-order valence-electron chi connectivity index (χ0n) is 15.7. The van der Waals surface area contributed by atoms with Gasteiger partial charge in [0.1, 0.15) is 5.82 Å². The molecule has 0 bridgehead atoms. The number of pyridine rings is 1. The van der Waals surface area contributed by atoms with Crippen molar-refractivity contribution in [3.8, 4) is 0 Å². The standard InChI is InChI=1S/C20H28N4O/c1-5-20(25)21-15-6-7-18-17(13-15)14(2)12-19(22-18)24-10-8-16(9-11-24)23(3)4/h6-7,12-13,16H,5,8-11H2,1-4H3,(H,21,25). The Bertz CT molecular complexity index is 764. The molecule has 1 fully saturated rings. The average Bonchev–Trinajstić information content (AvgIpc) is 2.62. The van der Waals surface area contributed by atoms with Gasteiger partial charge in [0.2, 0.25) is 5.91 Å². The number of amides is 1. The van der Waals surface area contributed by atoms with Crippen LogP contribution in [0.25, 0.3) is 10.9 Å². The van der Waals surface area contributed by atoms with Crippen molar-refractivity contribution >= 4 is 28.3 Å². The van der Waals surface area contributed by atoms with Crippen LogP contribution in [0.1, 0.15) is 31.7 Å². The van der Waals surface area contributed by atoms with Crippen LogP contribution in [0.4, 0.5) is 11.5 Å². The van der Waals surface area contributed by atoms with Crippen LogP contribution in [0.5, 0.6) is 0 Å². The molecule has 1 aliphatic rings. The highest BCUT2D eigenvalue weighted by Crippen LogP contribution is 2.27. The summed E-state index contributed by atoms with van der Waals surface area (Å²) in [5.41, 5.74) is 3.02. The van der Waals surface area contributed by atoms with Crippen LogP contribution in [-0.4, -0.2) is 49.0 Å². The number of benzene rings is 1. The number of rotatable bonds is 4. The Kier molecular flexibility index (Phi) is 5.23. The summed E-state index contributed by atoms with van der Waals surface area (Å²) in [5.74, 6) is 1.10. The molecule has 1 aromatic carbocycles. The van der Waals surface area contributed by atoms with Gasteiger partial charge in [-0.2, -0.15) is 0 Å². The number of nitrogens with one attached hydrogen (secondary N) is 1. The summed E-state index contributed by atoms with van der Waals surface area (Å²) in [6.07, 6.45) is 2.83. The highest BCUT2D eigenvalue weighted by molar-refractivity contribution is 5.94. The maximum Gasteiger partial charge on any atom is 0.224 e. The highest BCUT2D eigenvalue weighted by Gasteiger charge is 2.22. The summed E-state index contributed by atoms with van der Waals surface area (Å²) in [7, 11) is 4.32. The van der Waals surface area contributed by atoms with Gasteiger partial charge in [-0.1, -0.05) is 6.92 Å². The molecule has 5 nitrogen and oxygen atoms in total. The Morgan fingerprint density at radius 3 is 2.64 bits per heavy atom. The number of piperidine rings is 1. The van der Waals surface area contributed by atoms with Crippen molar-refractivity contribution in [1.29, 1.82) is 0 Å². The first-order chi connectivity index (χ1) is 12.0. The molecule has 1 aromatic heterocycles. The van der Waals surface area contributed by atoms with Crippen molar-refractivity contribution < 1.29 is 4.79 Å². The van der Waals surface area contributed by atoms with Crippen LogP contribution in [0, 0.1) is 6.92 Å². The number of hydrogen-bond acceptors (Lipinski definition) is 4. The Morgan fingerprint density at radius 1 is 1.28 bits per heavy atom. The number of nitrogens with zero attached hydrogens (tertiary/aromatic N) is 3. The summed E-state index contributed by atoms with van der Waals surface area (Å²) in [6, 6.07) is 8.80. The fourth-order valence-corrected chi connectivity index (χ4v) is 3.48. The van der Waals surface area contributed by atoms with Crippen LogP contribution in [0.2, 0.25) is 0 Å². The number of anilines is 2. The highest BCUT2D eigenvalue weighted by atomic mass is 16.1. The molecule has 1 saturated heterocycles. The molecule has 3 rings (SSSR count). The lowest BCUT2D eigenvalue weighted by Gasteiger charge is -2.36. The number of fused-ring (bicyclic) bond motifs is 1. The molecule has 0 unspecified atom stereocenters. The minimum atomic E-state index is 0.0327. The first-order valence-electron chi connectivity index (χ1n) is 9.10. The molecule has 0 atom stereocenters. The smallest absolute Gasteiger partial charge is 0.224 e. The molecular formula is C20H28N4O. The summed E-state index contributed by atoms with van der Waals surface area (Å²) >= 11 is 0. The quantitative estimate of drug-likeness (QED) is 0.926. The first kappa shape index (κ1) is 17.7. The third kappa shape index (κ3) is 3.93. The van der Waals surface area contributed by atoms with Gasteiger partial charge in [-0.15, -0.1) is 0 Å². The van der Waals surface area contributed by atoms with Crippen molar-refractivity contribution in [2.45, 2.75) is 39.2 Å². The summed E-state index contributed by atoms with van der Waals surface area (Å²) in [5, 5.41) is 4.02. The zero-order chi connectivity index (χ0) is 18.0. The van der Waals surface area contributed by atoms with Gasteiger partial charge in [0.25, 0.3) is 0 Å². The van der Waals surface area contributed by atoms with E-state index in [0.717, 1.165) is 35.5 Å². The lowest BCUT2D eigenvalue weighted by Crippen LogP contribution is -2.42. The van der Waals surface area contributed by atoms with Crippen LogP contribution >= 0.6 is 0 Å². The fourth-order valence-electron chi connectivity index (χ4n) is 3.48. The van der Waals surface area contributed by atoms with E-state index in [2.05, 4.69) is 42.2 Å². The van der Waals surface area contributed by atoms with Crippen molar-refractivity contribution in [1.82, 2.24) is 9.88 Å². The molecular weight excluding hydrogens is 312 g/mol. The maximum absolute atomic E-state index is 11.6. The van der Waals surface area contributed by atoms with Gasteiger partial charge in [0.15, 0.2) is 0 Å². The second kappa shape index (κ2) is 7.40. The van der Waals surface area contributed by atoms with E-state index in [9.17, 15) is 4.79 Å². The molecule has 1 aliphatic heterocycles. The minimum absolute atomic E-state index is 0.0327. The van der Waals surface area contributed by atoms with Crippen LogP contribution in [-0.2, 0) is 4.79 Å². The van der Waals surface area contributed by atoms with E-state index in [4.69, 9.17) is 4.98 Å². The maximum atomic E-state index is 11.6. The SMILES string of the molecule is CCC(=O)Nc1ccc2nc(N3CCC(N(C)C)CC3)cc(C)c2c1. The predicted octanol–water partition coefficient (Wildman–Crippen LogP) is 3.42. The van der Waals surface area contributed by atoms with Crippen LogP contribution in [0.15, 0.2) is 24.3 Å². The van der Waals surface area contributed by atoms with Gasteiger partial charge in [0.05, 0.1) is 5.52 Å². The van der Waals surface area contributed by atoms with Crippen molar-refractivity contribution in [3.63, 3.8) is 0 Å². The molecule has 0 spiro atoms. The van der Waals surface area contributed by atoms with Gasteiger partial charge in [-0.05, 0) is 63.7 Å². The normalized spacial score (nSPS) is 15.8. The molecule has 0 aliphatic carbocycles. The molecule has 25 heavy (non-hydrogen) atoms. The second-order valence-electron chi connectivity index (χ2n) is 7.11. The molecule has 134 valence electrons. The number of carbonyl (C=O) groups excluding carboxylic acids is 1. The van der Waals surface area contributed by atoms with Gasteiger partial charge < -0.3 is 15.1 Å². The molecule has 5 heteroatoms. The molecule has 1 N–H and O–H groups in total. The van der Waals surface area contributed by atoms with Crippen LogP contribution in [0.3, 0.4) is 0 Å². The predicted molar refractivity (Wildman–Crippen MR) is 104 cm³/mol. The van der Waals surface area contributed by atoms with E-state index in [1.54, 1.807) is 0 Å². The Morgan fingerprint density at radius 2 is 2.00 bits per heavy atom. The lowest BCUT2D eigenvalue weighted by molar-refractivity contribution is -0.115. The molecule has 0 saturated carbocycles. The summed E-state index contributed by atoms with van der Waals surface area (Å²) in [4.78, 5) is 21.2. The van der Waals surface area contributed by atoms with E-state index < -0.39 is 0 Å². The Hall–Kier alpha value is -2.14. The van der Waals surface area contributed by atoms with Crippen LogP contribution < -0.4 is 10.2 Å². The minimum Gasteiger partial charge on any atom is -0.356 e. The number of aryl methyl sites for hydroxylation is 1. The lowest BCUT2D eigenvalue weighted by atomic mass is 10.0. The Labute approximate surface area is 150 Å². The molecule has 1 amide bonds. The van der Waals surface area contributed by atoms with Gasteiger partial charge in [-0.25, -0.2) is 4.98 Å². The molecule has 2 heterocycles. The average molecular weight is 340 g/mol. The van der Waals surface area contributed by atoms with E-state index in [0.29, 0.717) is 12.5 Å². The summed E-state index contributed by atoms with van der Waals surface area (Å²) in [6.45, 7) is 6.07. The zero-order valence-corrected chi connectivity index (χ0v) is 15.7. The van der Waals surface area contributed by atoms with Crippen molar-refractivity contribution in [3.05, 3.63) is 29.8 Å². The third-order valence-electron chi connectivity index (χ3n) is 5.13. The monoisotopic (exact) mass is 340 g/mol. The fraction of sp³-hybridized carbons (Fsp3) is 0.500. The molecule has 0 radical (unpaired) electrons. The van der Waals surface area contributed by atoms with Crippen molar-refractivity contribution in [2.24, 2.45) is 0 Å². The number of aromatic nitrogens is 1. The van der Waals surface area contributed by atoms with E-state index >= 15 is 0 Å². The summed E-state index contributed by atoms with van der Waals surface area (Å²) < 4.78 is 0. The van der Waals surface area contributed by atoms with E-state index in [1.165, 1.54) is 18.4 Å². The Balaban J connectivity index is 1.82. The topological polar surface area (TPSA) is 48.5 Å². The van der Waals surface area contributed by atoms with Crippen molar-refractivity contribution in [2.75, 3.05) is 37.4 Å². The number of hydrogen-bond donors (Lipinski definition) is 1. The van der Waals surface area contributed by atoms with Gasteiger partial charge in [0, 0.05) is 36.6 Å². The van der Waals surface area contributed by atoms with E-state index in [1.807, 2.05) is 25.1 Å². The largest absolute Gasteiger partial charge is 0.356 e. The first-order valence-corrected chi connectivity index (χ1v) is 9.10.